The second kappa shape index (κ2) is 10.4. The summed E-state index contributed by atoms with van der Waals surface area (Å²) < 4.78 is 14.6. The lowest BCUT2D eigenvalue weighted by molar-refractivity contribution is 0.145. The first-order chi connectivity index (χ1) is 13.7. The van der Waals surface area contributed by atoms with Crippen molar-refractivity contribution in [2.75, 3.05) is 31.1 Å². The van der Waals surface area contributed by atoms with Crippen LogP contribution in [0.15, 0.2) is 40.7 Å². The van der Waals surface area contributed by atoms with Gasteiger partial charge in [0, 0.05) is 31.1 Å². The van der Waals surface area contributed by atoms with Gasteiger partial charge >= 0.3 is 0 Å². The molecular weight excluding hydrogens is 375 g/mol. The molecule has 1 saturated heterocycles. The maximum Gasteiger partial charge on any atom is 0.191 e. The summed E-state index contributed by atoms with van der Waals surface area (Å²) in [5.41, 5.74) is 1.45. The van der Waals surface area contributed by atoms with E-state index in [4.69, 9.17) is 0 Å². The standard InChI is InChI=1S/C21H29FN4OS/c1-2-23-21(24-10-7-18-4-3-13-28-18)25-15-16-5-6-20(19(22)14-16)26-11-8-17(27)9-12-26/h3-6,13-14,17,27H,2,7-12,15H2,1H3,(H2,23,24,25). The van der Waals surface area contributed by atoms with Gasteiger partial charge < -0.3 is 20.6 Å². The van der Waals surface area contributed by atoms with Crippen molar-refractivity contribution in [1.29, 1.82) is 0 Å². The molecule has 0 aliphatic carbocycles. The number of piperidine rings is 1. The molecule has 2 heterocycles. The third-order valence-electron chi connectivity index (χ3n) is 4.83. The first-order valence-corrected chi connectivity index (χ1v) is 10.8. The number of benzene rings is 1. The highest BCUT2D eigenvalue weighted by Gasteiger charge is 2.19. The number of hydrogen-bond donors (Lipinski definition) is 3. The van der Waals surface area contributed by atoms with Gasteiger partial charge in [-0.05, 0) is 55.3 Å². The normalized spacial score (nSPS) is 15.7. The van der Waals surface area contributed by atoms with Crippen LogP contribution in [0.5, 0.6) is 0 Å². The molecule has 152 valence electrons. The van der Waals surface area contributed by atoms with Crippen LogP contribution in [0.3, 0.4) is 0 Å². The Kier molecular flexibility index (Phi) is 7.68. The van der Waals surface area contributed by atoms with Crippen LogP contribution in [-0.2, 0) is 13.0 Å². The van der Waals surface area contributed by atoms with E-state index in [1.54, 1.807) is 17.4 Å². The molecule has 7 heteroatoms. The van der Waals surface area contributed by atoms with Crippen molar-refractivity contribution < 1.29 is 9.50 Å². The molecule has 3 N–H and O–H groups in total. The van der Waals surface area contributed by atoms with E-state index in [1.807, 2.05) is 24.0 Å². The Labute approximate surface area is 170 Å². The van der Waals surface area contributed by atoms with E-state index in [9.17, 15) is 9.50 Å². The van der Waals surface area contributed by atoms with Gasteiger partial charge in [0.2, 0.25) is 0 Å². The minimum Gasteiger partial charge on any atom is -0.393 e. The first kappa shape index (κ1) is 20.6. The third-order valence-corrected chi connectivity index (χ3v) is 5.76. The summed E-state index contributed by atoms with van der Waals surface area (Å²) in [7, 11) is 0. The second-order valence-corrected chi connectivity index (χ2v) is 7.99. The summed E-state index contributed by atoms with van der Waals surface area (Å²) in [6, 6.07) is 9.52. The number of thiophene rings is 1. The predicted molar refractivity (Wildman–Crippen MR) is 115 cm³/mol. The largest absolute Gasteiger partial charge is 0.393 e. The summed E-state index contributed by atoms with van der Waals surface area (Å²) in [5, 5.41) is 18.3. The Morgan fingerprint density at radius 2 is 2.11 bits per heavy atom. The number of aliphatic imine (C=N–C) groups is 1. The van der Waals surface area contributed by atoms with Gasteiger partial charge in [0.15, 0.2) is 5.96 Å². The highest BCUT2D eigenvalue weighted by Crippen LogP contribution is 2.24. The van der Waals surface area contributed by atoms with Gasteiger partial charge in [-0.2, -0.15) is 0 Å². The lowest BCUT2D eigenvalue weighted by Crippen LogP contribution is -2.38. The Balaban J connectivity index is 1.56. The van der Waals surface area contributed by atoms with Crippen LogP contribution < -0.4 is 15.5 Å². The monoisotopic (exact) mass is 404 g/mol. The molecule has 3 rings (SSSR count). The highest BCUT2D eigenvalue weighted by atomic mass is 32.1. The number of nitrogens with zero attached hydrogens (tertiary/aromatic N) is 2. The molecule has 0 amide bonds. The van der Waals surface area contributed by atoms with Gasteiger partial charge in [-0.3, -0.25) is 0 Å². The number of rotatable bonds is 7. The fourth-order valence-corrected chi connectivity index (χ4v) is 3.99. The third kappa shape index (κ3) is 5.94. The quantitative estimate of drug-likeness (QED) is 0.490. The van der Waals surface area contributed by atoms with Crippen LogP contribution in [0.4, 0.5) is 10.1 Å². The van der Waals surface area contributed by atoms with Gasteiger partial charge in [0.25, 0.3) is 0 Å². The van der Waals surface area contributed by atoms with E-state index >= 15 is 0 Å². The van der Waals surface area contributed by atoms with E-state index < -0.39 is 0 Å². The summed E-state index contributed by atoms with van der Waals surface area (Å²) in [4.78, 5) is 7.92. The number of aliphatic hydroxyl groups is 1. The number of anilines is 1. The summed E-state index contributed by atoms with van der Waals surface area (Å²) >= 11 is 1.75. The fraction of sp³-hybridized carbons (Fsp3) is 0.476. The molecule has 5 nitrogen and oxygen atoms in total. The summed E-state index contributed by atoms with van der Waals surface area (Å²) in [6.07, 6.45) is 2.07. The molecule has 0 radical (unpaired) electrons. The Bertz CT molecular complexity index is 758. The average molecular weight is 405 g/mol. The number of guanidine groups is 1. The number of halogens is 1. The van der Waals surface area contributed by atoms with Crippen molar-refractivity contribution in [2.24, 2.45) is 4.99 Å². The van der Waals surface area contributed by atoms with Crippen molar-refractivity contribution in [3.05, 3.63) is 52.0 Å². The van der Waals surface area contributed by atoms with Gasteiger partial charge in [-0.15, -0.1) is 11.3 Å². The van der Waals surface area contributed by atoms with Crippen LogP contribution in [-0.4, -0.2) is 43.3 Å². The van der Waals surface area contributed by atoms with Gasteiger partial charge in [-0.1, -0.05) is 12.1 Å². The SMILES string of the molecule is CCNC(=NCc1ccc(N2CCC(O)CC2)c(F)c1)NCCc1cccs1. The van der Waals surface area contributed by atoms with Crippen LogP contribution in [0.2, 0.25) is 0 Å². The molecule has 1 aromatic heterocycles. The molecule has 1 fully saturated rings. The van der Waals surface area contributed by atoms with Crippen LogP contribution in [0.25, 0.3) is 0 Å². The molecular formula is C21H29FN4OS. The summed E-state index contributed by atoms with van der Waals surface area (Å²) in [5.74, 6) is 0.522. The van der Waals surface area contributed by atoms with Crippen LogP contribution >= 0.6 is 11.3 Å². The van der Waals surface area contributed by atoms with E-state index in [0.717, 1.165) is 31.0 Å². The van der Waals surface area contributed by atoms with Gasteiger partial charge in [-0.25, -0.2) is 9.38 Å². The lowest BCUT2D eigenvalue weighted by Gasteiger charge is -2.31. The number of hydrogen-bond acceptors (Lipinski definition) is 4. The van der Waals surface area contributed by atoms with E-state index in [1.165, 1.54) is 4.88 Å². The Morgan fingerprint density at radius 3 is 2.79 bits per heavy atom. The second-order valence-electron chi connectivity index (χ2n) is 6.96. The molecule has 28 heavy (non-hydrogen) atoms. The molecule has 1 aliphatic heterocycles. The fourth-order valence-electron chi connectivity index (χ4n) is 3.28. The van der Waals surface area contributed by atoms with E-state index in [2.05, 4.69) is 33.1 Å². The van der Waals surface area contributed by atoms with Crippen molar-refractivity contribution in [3.8, 4) is 0 Å². The lowest BCUT2D eigenvalue weighted by atomic mass is 10.1. The van der Waals surface area contributed by atoms with Crippen LogP contribution in [0, 0.1) is 5.82 Å². The highest BCUT2D eigenvalue weighted by molar-refractivity contribution is 7.09. The minimum atomic E-state index is -0.260. The zero-order chi connectivity index (χ0) is 19.8. The molecule has 1 aromatic carbocycles. The molecule has 0 saturated carbocycles. The van der Waals surface area contributed by atoms with Crippen LogP contribution in [0.1, 0.15) is 30.2 Å². The van der Waals surface area contributed by atoms with Gasteiger partial charge in [0.05, 0.1) is 18.3 Å². The molecule has 0 spiro atoms. The topological polar surface area (TPSA) is 59.9 Å². The van der Waals surface area contributed by atoms with Crippen molar-refractivity contribution in [3.63, 3.8) is 0 Å². The Hall–Kier alpha value is -2.12. The zero-order valence-electron chi connectivity index (χ0n) is 16.3. The molecule has 0 unspecified atom stereocenters. The average Bonchev–Trinajstić information content (AvgIpc) is 3.20. The zero-order valence-corrected chi connectivity index (χ0v) is 17.1. The van der Waals surface area contributed by atoms with Crippen molar-refractivity contribution in [1.82, 2.24) is 10.6 Å². The maximum atomic E-state index is 14.6. The first-order valence-electron chi connectivity index (χ1n) is 9.91. The minimum absolute atomic E-state index is 0.222. The smallest absolute Gasteiger partial charge is 0.191 e. The molecule has 1 aliphatic rings. The van der Waals surface area contributed by atoms with Gasteiger partial charge in [0.1, 0.15) is 5.82 Å². The number of aliphatic hydroxyl groups excluding tert-OH is 1. The number of nitrogens with one attached hydrogen (secondary N) is 2. The predicted octanol–water partition coefficient (Wildman–Crippen LogP) is 3.15. The molecule has 2 aromatic rings. The van der Waals surface area contributed by atoms with Crippen molar-refractivity contribution in [2.45, 2.75) is 38.8 Å². The maximum absolute atomic E-state index is 14.6. The van der Waals surface area contributed by atoms with E-state index in [0.29, 0.717) is 38.2 Å². The van der Waals surface area contributed by atoms with E-state index in [-0.39, 0.29) is 11.9 Å². The molecule has 0 atom stereocenters. The summed E-state index contributed by atoms with van der Waals surface area (Å²) in [6.45, 7) is 5.41. The molecule has 0 bridgehead atoms. The van der Waals surface area contributed by atoms with Crippen molar-refractivity contribution >= 4 is 23.0 Å². The Morgan fingerprint density at radius 1 is 1.29 bits per heavy atom.